The molecule has 1 aliphatic heterocycles. The second-order valence-corrected chi connectivity index (χ2v) is 4.92. The van der Waals surface area contributed by atoms with Gasteiger partial charge in [-0.2, -0.15) is 0 Å². The largest absolute Gasteiger partial charge is 0.449 e. The summed E-state index contributed by atoms with van der Waals surface area (Å²) in [6.07, 6.45) is 0.629. The average Bonchev–Trinajstić information content (AvgIpc) is 2.33. The average molecular weight is 248 g/mol. The van der Waals surface area contributed by atoms with Gasteiger partial charge < -0.3 is 10.5 Å². The maximum atomic E-state index is 11.9. The van der Waals surface area contributed by atoms with Crippen LogP contribution in [0.15, 0.2) is 18.2 Å². The van der Waals surface area contributed by atoms with Crippen LogP contribution in [-0.2, 0) is 4.74 Å². The molecule has 2 N–H and O–H groups in total. The molecular formula is C14H20N2O2. The van der Waals surface area contributed by atoms with Gasteiger partial charge >= 0.3 is 6.09 Å². The number of carbonyl (C=O) groups excluding carboxylic acids is 1. The maximum Gasteiger partial charge on any atom is 0.414 e. The van der Waals surface area contributed by atoms with Crippen molar-refractivity contribution in [2.75, 3.05) is 24.6 Å². The van der Waals surface area contributed by atoms with E-state index in [1.807, 2.05) is 26.0 Å². The van der Waals surface area contributed by atoms with E-state index in [1.165, 1.54) is 5.56 Å². The molecule has 0 saturated carbocycles. The van der Waals surface area contributed by atoms with Gasteiger partial charge in [0.15, 0.2) is 0 Å². The number of nitrogens with zero attached hydrogens (tertiary/aromatic N) is 1. The van der Waals surface area contributed by atoms with Crippen LogP contribution >= 0.6 is 0 Å². The van der Waals surface area contributed by atoms with E-state index in [4.69, 9.17) is 10.5 Å². The molecule has 0 radical (unpaired) electrons. The van der Waals surface area contributed by atoms with Crippen molar-refractivity contribution in [3.63, 3.8) is 0 Å². The van der Waals surface area contributed by atoms with E-state index in [9.17, 15) is 4.79 Å². The summed E-state index contributed by atoms with van der Waals surface area (Å²) in [6.45, 7) is 5.87. The lowest BCUT2D eigenvalue weighted by atomic mass is 10.0. The lowest BCUT2D eigenvalue weighted by molar-refractivity contribution is 0.113. The minimum Gasteiger partial charge on any atom is -0.449 e. The van der Waals surface area contributed by atoms with Crippen LogP contribution in [0.25, 0.3) is 0 Å². The molecule has 1 amide bonds. The van der Waals surface area contributed by atoms with Crippen molar-refractivity contribution in [2.24, 2.45) is 11.7 Å². The van der Waals surface area contributed by atoms with Crippen LogP contribution in [0.1, 0.15) is 17.5 Å². The van der Waals surface area contributed by atoms with Gasteiger partial charge in [0.05, 0.1) is 6.61 Å². The third-order valence-corrected chi connectivity index (χ3v) is 3.32. The topological polar surface area (TPSA) is 55.6 Å². The summed E-state index contributed by atoms with van der Waals surface area (Å²) < 4.78 is 5.23. The highest BCUT2D eigenvalue weighted by Crippen LogP contribution is 2.26. The summed E-state index contributed by atoms with van der Waals surface area (Å²) in [5.74, 6) is 0.327. The molecule has 0 aromatic heterocycles. The second kappa shape index (κ2) is 5.40. The SMILES string of the molecule is Cc1ccc(N2CC(CCN)COC2=O)c(C)c1. The van der Waals surface area contributed by atoms with Crippen molar-refractivity contribution < 1.29 is 9.53 Å². The number of aryl methyl sites for hydroxylation is 2. The first-order valence-electron chi connectivity index (χ1n) is 6.33. The van der Waals surface area contributed by atoms with Crippen LogP contribution in [0.5, 0.6) is 0 Å². The fourth-order valence-electron chi connectivity index (χ4n) is 2.37. The Balaban J connectivity index is 2.21. The normalized spacial score (nSPS) is 19.8. The number of rotatable bonds is 3. The number of nitrogens with two attached hydrogens (primary N) is 1. The molecule has 1 aromatic carbocycles. The van der Waals surface area contributed by atoms with Crippen molar-refractivity contribution in [1.29, 1.82) is 0 Å². The van der Waals surface area contributed by atoms with E-state index in [-0.39, 0.29) is 6.09 Å². The zero-order chi connectivity index (χ0) is 13.1. The summed E-state index contributed by atoms with van der Waals surface area (Å²) in [6, 6.07) is 6.08. The first-order chi connectivity index (χ1) is 8.61. The van der Waals surface area contributed by atoms with Gasteiger partial charge in [-0.3, -0.25) is 4.90 Å². The number of carbonyl (C=O) groups is 1. The van der Waals surface area contributed by atoms with Gasteiger partial charge in [0, 0.05) is 18.2 Å². The molecule has 0 aliphatic carbocycles. The summed E-state index contributed by atoms with van der Waals surface area (Å²) in [4.78, 5) is 13.6. The third kappa shape index (κ3) is 2.64. The van der Waals surface area contributed by atoms with E-state index < -0.39 is 0 Å². The molecule has 2 rings (SSSR count). The van der Waals surface area contributed by atoms with E-state index in [0.717, 1.165) is 17.7 Å². The number of ether oxygens (including phenoxy) is 1. The van der Waals surface area contributed by atoms with Gasteiger partial charge in [0.25, 0.3) is 0 Å². The number of hydrogen-bond donors (Lipinski definition) is 1. The molecule has 1 atom stereocenters. The molecule has 4 heteroatoms. The molecule has 1 fully saturated rings. The van der Waals surface area contributed by atoms with E-state index in [2.05, 4.69) is 6.07 Å². The molecular weight excluding hydrogens is 228 g/mol. The van der Waals surface area contributed by atoms with Crippen LogP contribution in [0.4, 0.5) is 10.5 Å². The molecule has 1 unspecified atom stereocenters. The van der Waals surface area contributed by atoms with Crippen molar-refractivity contribution >= 4 is 11.8 Å². The monoisotopic (exact) mass is 248 g/mol. The van der Waals surface area contributed by atoms with Gasteiger partial charge in [-0.15, -0.1) is 0 Å². The number of benzene rings is 1. The first-order valence-corrected chi connectivity index (χ1v) is 6.33. The Bertz CT molecular complexity index is 445. The minimum atomic E-state index is -0.254. The Morgan fingerprint density at radius 2 is 2.22 bits per heavy atom. The minimum absolute atomic E-state index is 0.254. The zero-order valence-electron chi connectivity index (χ0n) is 11.0. The molecule has 98 valence electrons. The highest BCUT2D eigenvalue weighted by atomic mass is 16.6. The molecule has 1 aromatic rings. The van der Waals surface area contributed by atoms with E-state index in [0.29, 0.717) is 25.6 Å². The Labute approximate surface area is 108 Å². The smallest absolute Gasteiger partial charge is 0.414 e. The van der Waals surface area contributed by atoms with Gasteiger partial charge in [-0.25, -0.2) is 4.79 Å². The van der Waals surface area contributed by atoms with E-state index in [1.54, 1.807) is 4.90 Å². The fraction of sp³-hybridized carbons (Fsp3) is 0.500. The standard InChI is InChI=1S/C14H20N2O2/c1-10-3-4-13(11(2)7-10)16-8-12(5-6-15)9-18-14(16)17/h3-4,7,12H,5-6,8-9,15H2,1-2H3. The predicted octanol–water partition coefficient (Wildman–Crippen LogP) is 2.23. The summed E-state index contributed by atoms with van der Waals surface area (Å²) in [5, 5.41) is 0. The number of anilines is 1. The van der Waals surface area contributed by atoms with Crippen molar-refractivity contribution in [2.45, 2.75) is 20.3 Å². The van der Waals surface area contributed by atoms with Gasteiger partial charge in [-0.05, 0) is 38.4 Å². The zero-order valence-corrected chi connectivity index (χ0v) is 11.0. The third-order valence-electron chi connectivity index (χ3n) is 3.32. The number of amides is 1. The Kier molecular flexibility index (Phi) is 3.87. The molecule has 0 bridgehead atoms. The highest BCUT2D eigenvalue weighted by Gasteiger charge is 2.28. The fourth-order valence-corrected chi connectivity index (χ4v) is 2.37. The molecule has 1 saturated heterocycles. The van der Waals surface area contributed by atoms with Gasteiger partial charge in [0.1, 0.15) is 0 Å². The maximum absolute atomic E-state index is 11.9. The molecule has 4 nitrogen and oxygen atoms in total. The van der Waals surface area contributed by atoms with Gasteiger partial charge in [0.2, 0.25) is 0 Å². The van der Waals surface area contributed by atoms with Crippen molar-refractivity contribution in [1.82, 2.24) is 0 Å². The Morgan fingerprint density at radius 3 is 2.89 bits per heavy atom. The lowest BCUT2D eigenvalue weighted by Gasteiger charge is -2.33. The molecule has 1 heterocycles. The van der Waals surface area contributed by atoms with Gasteiger partial charge in [-0.1, -0.05) is 17.7 Å². The quantitative estimate of drug-likeness (QED) is 0.892. The Morgan fingerprint density at radius 1 is 1.44 bits per heavy atom. The number of hydrogen-bond acceptors (Lipinski definition) is 3. The summed E-state index contributed by atoms with van der Waals surface area (Å²) >= 11 is 0. The van der Waals surface area contributed by atoms with Crippen LogP contribution < -0.4 is 10.6 Å². The molecule has 1 aliphatic rings. The molecule has 18 heavy (non-hydrogen) atoms. The predicted molar refractivity (Wildman–Crippen MR) is 71.8 cm³/mol. The van der Waals surface area contributed by atoms with Crippen LogP contribution in [0.2, 0.25) is 0 Å². The second-order valence-electron chi connectivity index (χ2n) is 4.92. The van der Waals surface area contributed by atoms with Crippen LogP contribution in [0, 0.1) is 19.8 Å². The van der Waals surface area contributed by atoms with E-state index >= 15 is 0 Å². The van der Waals surface area contributed by atoms with Crippen molar-refractivity contribution in [3.8, 4) is 0 Å². The Hall–Kier alpha value is -1.55. The van der Waals surface area contributed by atoms with Crippen LogP contribution in [-0.4, -0.2) is 25.8 Å². The number of cyclic esters (lactones) is 1. The lowest BCUT2D eigenvalue weighted by Crippen LogP contribution is -2.44. The summed E-state index contributed by atoms with van der Waals surface area (Å²) in [5.41, 5.74) is 8.80. The summed E-state index contributed by atoms with van der Waals surface area (Å²) in [7, 11) is 0. The molecule has 0 spiro atoms. The first kappa shape index (κ1) is 12.9. The highest BCUT2D eigenvalue weighted by molar-refractivity contribution is 5.89. The van der Waals surface area contributed by atoms with Crippen molar-refractivity contribution in [3.05, 3.63) is 29.3 Å². The van der Waals surface area contributed by atoms with Crippen LogP contribution in [0.3, 0.4) is 0 Å².